The molecule has 0 aromatic carbocycles. The fraction of sp³-hybridized carbons (Fsp3) is 0.857. The van der Waals surface area contributed by atoms with E-state index in [4.69, 9.17) is 0 Å². The highest BCUT2D eigenvalue weighted by molar-refractivity contribution is 5.83. The molecule has 108 valence electrons. The molecular weight excluding hydrogens is 242 g/mol. The Balaban J connectivity index is 1.80. The van der Waals surface area contributed by atoms with Gasteiger partial charge in [-0.1, -0.05) is 6.92 Å². The molecule has 1 amide bonds. The molecule has 2 saturated heterocycles. The third kappa shape index (κ3) is 3.76. The highest BCUT2D eigenvalue weighted by Gasteiger charge is 2.28. The molecule has 0 aromatic heterocycles. The molecule has 0 N–H and O–H groups in total. The van der Waals surface area contributed by atoms with Crippen molar-refractivity contribution in [2.75, 3.05) is 52.9 Å². The van der Waals surface area contributed by atoms with Crippen LogP contribution >= 0.6 is 0 Å². The van der Waals surface area contributed by atoms with E-state index in [1.54, 1.807) is 0 Å². The van der Waals surface area contributed by atoms with E-state index in [9.17, 15) is 9.59 Å². The van der Waals surface area contributed by atoms with Crippen LogP contribution in [0.2, 0.25) is 0 Å². The molecule has 0 aromatic rings. The Morgan fingerprint density at radius 3 is 2.53 bits per heavy atom. The summed E-state index contributed by atoms with van der Waals surface area (Å²) in [5.41, 5.74) is 0. The molecule has 0 radical (unpaired) electrons. The van der Waals surface area contributed by atoms with E-state index in [2.05, 4.69) is 16.8 Å². The molecule has 2 aliphatic rings. The molecule has 2 fully saturated rings. The van der Waals surface area contributed by atoms with E-state index < -0.39 is 0 Å². The van der Waals surface area contributed by atoms with Crippen LogP contribution in [0.25, 0.3) is 0 Å². The molecule has 2 rings (SSSR count). The number of Topliss-reactive ketones (excluding diaryl/α,β-unsaturated/α-hetero) is 1. The van der Waals surface area contributed by atoms with Crippen molar-refractivity contribution in [3.05, 3.63) is 0 Å². The van der Waals surface area contributed by atoms with Gasteiger partial charge in [0.15, 0.2) is 0 Å². The van der Waals surface area contributed by atoms with Crippen LogP contribution in [0.1, 0.15) is 19.8 Å². The first-order valence-corrected chi connectivity index (χ1v) is 7.31. The second kappa shape index (κ2) is 6.48. The summed E-state index contributed by atoms with van der Waals surface area (Å²) in [7, 11) is 2.09. The molecule has 1 atom stereocenters. The minimum absolute atomic E-state index is 0.133. The van der Waals surface area contributed by atoms with Crippen molar-refractivity contribution in [2.45, 2.75) is 19.8 Å². The number of ketones is 1. The highest BCUT2D eigenvalue weighted by atomic mass is 16.2. The Bertz CT molecular complexity index is 338. The minimum atomic E-state index is 0.133. The predicted molar refractivity (Wildman–Crippen MR) is 73.9 cm³/mol. The van der Waals surface area contributed by atoms with Crippen LogP contribution in [0.5, 0.6) is 0 Å². The number of piperazine rings is 1. The number of likely N-dealkylation sites (tertiary alicyclic amines) is 1. The third-order valence-corrected chi connectivity index (χ3v) is 4.32. The van der Waals surface area contributed by atoms with Gasteiger partial charge in [-0.05, 0) is 13.5 Å². The SMILES string of the molecule is CCC1CN(CC(=O)N2CCN(C)CC2)CCC1=O. The largest absolute Gasteiger partial charge is 0.339 e. The molecule has 2 aliphatic heterocycles. The van der Waals surface area contributed by atoms with Crippen LogP contribution < -0.4 is 0 Å². The van der Waals surface area contributed by atoms with Crippen LogP contribution in [0.15, 0.2) is 0 Å². The second-order valence-electron chi connectivity index (χ2n) is 5.74. The van der Waals surface area contributed by atoms with Crippen molar-refractivity contribution < 1.29 is 9.59 Å². The topological polar surface area (TPSA) is 43.9 Å². The standard InChI is InChI=1S/C14H25N3O2/c1-3-12-10-16(5-4-13(12)18)11-14(19)17-8-6-15(2)7-9-17/h12H,3-11H2,1-2H3. The van der Waals surface area contributed by atoms with Gasteiger partial charge in [0.2, 0.25) is 5.91 Å². The lowest BCUT2D eigenvalue weighted by atomic mass is 9.94. The fourth-order valence-corrected chi connectivity index (χ4v) is 2.82. The van der Waals surface area contributed by atoms with Gasteiger partial charge in [-0.15, -0.1) is 0 Å². The van der Waals surface area contributed by atoms with E-state index in [1.807, 2.05) is 11.8 Å². The van der Waals surface area contributed by atoms with Crippen molar-refractivity contribution in [3.63, 3.8) is 0 Å². The quantitative estimate of drug-likeness (QED) is 0.725. The van der Waals surface area contributed by atoms with Gasteiger partial charge < -0.3 is 9.80 Å². The van der Waals surface area contributed by atoms with Crippen LogP contribution in [0, 0.1) is 5.92 Å². The summed E-state index contributed by atoms with van der Waals surface area (Å²) in [6, 6.07) is 0. The Hall–Kier alpha value is -0.940. The zero-order valence-corrected chi connectivity index (χ0v) is 12.1. The van der Waals surface area contributed by atoms with E-state index in [-0.39, 0.29) is 11.8 Å². The summed E-state index contributed by atoms with van der Waals surface area (Å²) in [4.78, 5) is 30.2. The Morgan fingerprint density at radius 2 is 1.89 bits per heavy atom. The van der Waals surface area contributed by atoms with Gasteiger partial charge in [0.1, 0.15) is 5.78 Å². The van der Waals surface area contributed by atoms with Crippen LogP contribution in [-0.4, -0.2) is 79.3 Å². The number of piperidine rings is 1. The molecule has 0 bridgehead atoms. The van der Waals surface area contributed by atoms with E-state index >= 15 is 0 Å². The number of amides is 1. The fourth-order valence-electron chi connectivity index (χ4n) is 2.82. The van der Waals surface area contributed by atoms with E-state index in [1.165, 1.54) is 0 Å². The monoisotopic (exact) mass is 267 g/mol. The summed E-state index contributed by atoms with van der Waals surface area (Å²) < 4.78 is 0. The second-order valence-corrected chi connectivity index (χ2v) is 5.74. The van der Waals surface area contributed by atoms with Gasteiger partial charge >= 0.3 is 0 Å². The number of hydrogen-bond donors (Lipinski definition) is 0. The van der Waals surface area contributed by atoms with Crippen molar-refractivity contribution in [1.82, 2.24) is 14.7 Å². The Labute approximate surface area is 115 Å². The highest BCUT2D eigenvalue weighted by Crippen LogP contribution is 2.16. The average Bonchev–Trinajstić information content (AvgIpc) is 2.41. The van der Waals surface area contributed by atoms with Crippen LogP contribution in [-0.2, 0) is 9.59 Å². The van der Waals surface area contributed by atoms with Crippen molar-refractivity contribution in [2.24, 2.45) is 5.92 Å². The number of likely N-dealkylation sites (N-methyl/N-ethyl adjacent to an activating group) is 1. The Morgan fingerprint density at radius 1 is 1.21 bits per heavy atom. The van der Waals surface area contributed by atoms with E-state index in [0.717, 1.165) is 45.7 Å². The smallest absolute Gasteiger partial charge is 0.236 e. The van der Waals surface area contributed by atoms with Crippen LogP contribution in [0.3, 0.4) is 0 Å². The molecular formula is C14H25N3O2. The van der Waals surface area contributed by atoms with Gasteiger partial charge in [0, 0.05) is 51.6 Å². The lowest BCUT2D eigenvalue weighted by molar-refractivity contribution is -0.136. The van der Waals surface area contributed by atoms with Crippen molar-refractivity contribution in [1.29, 1.82) is 0 Å². The summed E-state index contributed by atoms with van der Waals surface area (Å²) in [6.45, 7) is 7.62. The minimum Gasteiger partial charge on any atom is -0.339 e. The first kappa shape index (κ1) is 14.5. The lowest BCUT2D eigenvalue weighted by Crippen LogP contribution is -2.51. The maximum atomic E-state index is 12.2. The Kier molecular flexibility index (Phi) is 4.93. The normalized spacial score (nSPS) is 26.7. The zero-order valence-electron chi connectivity index (χ0n) is 12.1. The number of carbonyl (C=O) groups excluding carboxylic acids is 2. The molecule has 0 saturated carbocycles. The summed E-state index contributed by atoms with van der Waals surface area (Å²) in [5.74, 6) is 0.720. The van der Waals surface area contributed by atoms with Gasteiger partial charge in [0.25, 0.3) is 0 Å². The van der Waals surface area contributed by atoms with Crippen molar-refractivity contribution in [3.8, 4) is 0 Å². The molecule has 0 aliphatic carbocycles. The molecule has 5 nitrogen and oxygen atoms in total. The van der Waals surface area contributed by atoms with Gasteiger partial charge in [-0.3, -0.25) is 14.5 Å². The first-order valence-electron chi connectivity index (χ1n) is 7.31. The molecule has 19 heavy (non-hydrogen) atoms. The lowest BCUT2D eigenvalue weighted by Gasteiger charge is -2.35. The zero-order chi connectivity index (χ0) is 13.8. The number of rotatable bonds is 3. The predicted octanol–water partition coefficient (Wildman–Crippen LogP) is 0.0614. The summed E-state index contributed by atoms with van der Waals surface area (Å²) >= 11 is 0. The molecule has 5 heteroatoms. The van der Waals surface area contributed by atoms with Crippen LogP contribution in [0.4, 0.5) is 0 Å². The van der Waals surface area contributed by atoms with E-state index in [0.29, 0.717) is 18.7 Å². The number of hydrogen-bond acceptors (Lipinski definition) is 4. The average molecular weight is 267 g/mol. The maximum absolute atomic E-state index is 12.2. The third-order valence-electron chi connectivity index (χ3n) is 4.32. The number of carbonyl (C=O) groups is 2. The summed E-state index contributed by atoms with van der Waals surface area (Å²) in [6.07, 6.45) is 1.49. The molecule has 0 spiro atoms. The first-order chi connectivity index (χ1) is 9.10. The molecule has 1 unspecified atom stereocenters. The summed E-state index contributed by atoms with van der Waals surface area (Å²) in [5, 5.41) is 0. The van der Waals surface area contributed by atoms with Crippen molar-refractivity contribution >= 4 is 11.7 Å². The number of nitrogens with zero attached hydrogens (tertiary/aromatic N) is 3. The van der Waals surface area contributed by atoms with Gasteiger partial charge in [-0.25, -0.2) is 0 Å². The van der Waals surface area contributed by atoms with Gasteiger partial charge in [0.05, 0.1) is 6.54 Å². The maximum Gasteiger partial charge on any atom is 0.236 e. The molecule has 2 heterocycles. The van der Waals surface area contributed by atoms with Gasteiger partial charge in [-0.2, -0.15) is 0 Å².